The Kier molecular flexibility index (Phi) is 4.18. The lowest BCUT2D eigenvalue weighted by Crippen LogP contribution is -2.34. The molecule has 1 saturated heterocycles. The van der Waals surface area contributed by atoms with E-state index in [1.807, 2.05) is 0 Å². The van der Waals surface area contributed by atoms with Gasteiger partial charge in [-0.1, -0.05) is 0 Å². The molecule has 0 spiro atoms. The summed E-state index contributed by atoms with van der Waals surface area (Å²) in [5.74, 6) is 0.714. The fraction of sp³-hybridized carbons (Fsp3) is 0.917. The van der Waals surface area contributed by atoms with Crippen LogP contribution < -0.4 is 0 Å². The minimum atomic E-state index is -0.236. The van der Waals surface area contributed by atoms with Crippen LogP contribution >= 0.6 is 0 Å². The molecule has 1 aliphatic carbocycles. The van der Waals surface area contributed by atoms with Gasteiger partial charge in [0.1, 0.15) is 6.61 Å². The lowest BCUT2D eigenvalue weighted by Gasteiger charge is -2.26. The zero-order valence-electron chi connectivity index (χ0n) is 9.98. The number of esters is 1. The van der Waals surface area contributed by atoms with Crippen molar-refractivity contribution < 1.29 is 14.3 Å². The van der Waals surface area contributed by atoms with Crippen molar-refractivity contribution in [1.82, 2.24) is 4.90 Å². The Morgan fingerprint density at radius 2 is 2.19 bits per heavy atom. The number of hydrogen-bond acceptors (Lipinski definition) is 4. The number of likely N-dealkylation sites (tertiary alicyclic amines) is 1. The van der Waals surface area contributed by atoms with Gasteiger partial charge in [-0.2, -0.15) is 0 Å². The van der Waals surface area contributed by atoms with Crippen LogP contribution in [0.25, 0.3) is 0 Å². The van der Waals surface area contributed by atoms with Gasteiger partial charge in [-0.15, -0.1) is 0 Å². The van der Waals surface area contributed by atoms with Crippen LogP contribution in [-0.4, -0.2) is 49.8 Å². The van der Waals surface area contributed by atoms with E-state index in [1.54, 1.807) is 0 Å². The summed E-state index contributed by atoms with van der Waals surface area (Å²) < 4.78 is 10.2. The molecule has 92 valence electrons. The van der Waals surface area contributed by atoms with E-state index in [0.29, 0.717) is 13.2 Å². The number of hydrogen-bond donors (Lipinski definition) is 0. The van der Waals surface area contributed by atoms with Gasteiger partial charge in [0.2, 0.25) is 0 Å². The van der Waals surface area contributed by atoms with Crippen molar-refractivity contribution in [3.05, 3.63) is 0 Å². The van der Waals surface area contributed by atoms with Crippen LogP contribution in [0, 0.1) is 5.92 Å². The normalized spacial score (nSPS) is 28.6. The van der Waals surface area contributed by atoms with Crippen LogP contribution in [-0.2, 0) is 14.3 Å². The largest absolute Gasteiger partial charge is 0.463 e. The number of carbonyl (C=O) groups excluding carboxylic acids is 1. The Labute approximate surface area is 96.9 Å². The number of rotatable bonds is 6. The van der Waals surface area contributed by atoms with Crippen molar-refractivity contribution in [3.63, 3.8) is 0 Å². The minimum Gasteiger partial charge on any atom is -0.463 e. The maximum Gasteiger partial charge on any atom is 0.302 e. The van der Waals surface area contributed by atoms with Crippen molar-refractivity contribution in [2.75, 3.05) is 32.9 Å². The van der Waals surface area contributed by atoms with Gasteiger partial charge in [0.15, 0.2) is 0 Å². The molecular formula is C12H21NO3. The highest BCUT2D eigenvalue weighted by molar-refractivity contribution is 5.65. The third-order valence-corrected chi connectivity index (χ3v) is 3.58. The second kappa shape index (κ2) is 5.64. The first kappa shape index (κ1) is 11.9. The van der Waals surface area contributed by atoms with Gasteiger partial charge in [-0.25, -0.2) is 0 Å². The van der Waals surface area contributed by atoms with Gasteiger partial charge in [-0.3, -0.25) is 9.69 Å². The van der Waals surface area contributed by atoms with Crippen LogP contribution in [0.5, 0.6) is 0 Å². The molecule has 2 unspecified atom stereocenters. The first-order valence-electron chi connectivity index (χ1n) is 6.21. The van der Waals surface area contributed by atoms with E-state index in [-0.39, 0.29) is 5.97 Å². The van der Waals surface area contributed by atoms with E-state index in [1.165, 1.54) is 32.7 Å². The highest BCUT2D eigenvalue weighted by atomic mass is 16.6. The Bertz CT molecular complexity index is 244. The minimum absolute atomic E-state index is 0.236. The molecule has 0 radical (unpaired) electrons. The molecule has 4 nitrogen and oxygen atoms in total. The Morgan fingerprint density at radius 1 is 1.31 bits per heavy atom. The third kappa shape index (κ3) is 3.19. The van der Waals surface area contributed by atoms with Crippen LogP contribution in [0.4, 0.5) is 0 Å². The van der Waals surface area contributed by atoms with Crippen molar-refractivity contribution in [3.8, 4) is 0 Å². The summed E-state index contributed by atoms with van der Waals surface area (Å²) in [6, 6.07) is 0.821. The summed E-state index contributed by atoms with van der Waals surface area (Å²) in [5, 5.41) is 0. The smallest absolute Gasteiger partial charge is 0.302 e. The van der Waals surface area contributed by atoms with Crippen LogP contribution in [0.2, 0.25) is 0 Å². The molecule has 0 aromatic carbocycles. The van der Waals surface area contributed by atoms with Crippen LogP contribution in [0.1, 0.15) is 26.2 Å². The summed E-state index contributed by atoms with van der Waals surface area (Å²) in [5.41, 5.74) is 0. The van der Waals surface area contributed by atoms with E-state index in [2.05, 4.69) is 4.90 Å². The van der Waals surface area contributed by atoms with Gasteiger partial charge < -0.3 is 9.47 Å². The van der Waals surface area contributed by atoms with E-state index in [4.69, 9.17) is 9.47 Å². The Morgan fingerprint density at radius 3 is 2.81 bits per heavy atom. The molecule has 2 aliphatic rings. The number of ether oxygens (including phenoxy) is 2. The zero-order valence-corrected chi connectivity index (χ0v) is 9.98. The van der Waals surface area contributed by atoms with Gasteiger partial charge in [0.25, 0.3) is 0 Å². The zero-order chi connectivity index (χ0) is 11.4. The van der Waals surface area contributed by atoms with Crippen molar-refractivity contribution >= 4 is 5.97 Å². The molecule has 0 aromatic rings. The summed E-state index contributed by atoms with van der Waals surface area (Å²) in [6.07, 6.45) is 4.19. The second-order valence-electron chi connectivity index (χ2n) is 4.78. The molecule has 1 aliphatic heterocycles. The molecule has 4 heteroatoms. The Hall–Kier alpha value is -0.610. The molecule has 0 aromatic heterocycles. The van der Waals surface area contributed by atoms with E-state index < -0.39 is 0 Å². The van der Waals surface area contributed by atoms with Crippen molar-refractivity contribution in [2.45, 2.75) is 32.2 Å². The van der Waals surface area contributed by atoms with Crippen molar-refractivity contribution in [1.29, 1.82) is 0 Å². The fourth-order valence-corrected chi connectivity index (χ4v) is 2.83. The van der Waals surface area contributed by atoms with Gasteiger partial charge >= 0.3 is 5.97 Å². The maximum atomic E-state index is 10.5. The lowest BCUT2D eigenvalue weighted by atomic mass is 10.1. The molecule has 16 heavy (non-hydrogen) atoms. The number of piperidine rings is 1. The number of nitrogens with zero attached hydrogens (tertiary/aromatic N) is 1. The van der Waals surface area contributed by atoms with E-state index in [0.717, 1.165) is 25.1 Å². The van der Waals surface area contributed by atoms with Gasteiger partial charge in [0.05, 0.1) is 13.2 Å². The Balaban J connectivity index is 1.48. The lowest BCUT2D eigenvalue weighted by molar-refractivity contribution is -0.142. The summed E-state index contributed by atoms with van der Waals surface area (Å²) >= 11 is 0. The first-order valence-corrected chi connectivity index (χ1v) is 6.21. The molecule has 0 amide bonds. The third-order valence-electron chi connectivity index (χ3n) is 3.58. The average Bonchev–Trinajstić information content (AvgIpc) is 2.84. The van der Waals surface area contributed by atoms with Gasteiger partial charge in [-0.05, 0) is 25.2 Å². The van der Waals surface area contributed by atoms with Crippen LogP contribution in [0.3, 0.4) is 0 Å². The summed E-state index contributed by atoms with van der Waals surface area (Å²) in [7, 11) is 0. The SMILES string of the molecule is CC(=O)OCCOCCN1CC2CCC1C2. The maximum absolute atomic E-state index is 10.5. The quantitative estimate of drug-likeness (QED) is 0.502. The molecule has 2 fully saturated rings. The van der Waals surface area contributed by atoms with Crippen LogP contribution in [0.15, 0.2) is 0 Å². The summed E-state index contributed by atoms with van der Waals surface area (Å²) in [6.45, 7) is 5.35. The standard InChI is InChI=1S/C12H21NO3/c1-10(14)16-7-6-15-5-4-13-9-11-2-3-12(13)8-11/h11-12H,2-9H2,1H3. The van der Waals surface area contributed by atoms with E-state index >= 15 is 0 Å². The molecular weight excluding hydrogens is 206 g/mol. The first-order chi connectivity index (χ1) is 7.75. The molecule has 1 heterocycles. The molecule has 2 bridgehead atoms. The number of carbonyl (C=O) groups is 1. The fourth-order valence-electron chi connectivity index (χ4n) is 2.83. The molecule has 2 rings (SSSR count). The highest BCUT2D eigenvalue weighted by Gasteiger charge is 2.37. The molecule has 2 atom stereocenters. The topological polar surface area (TPSA) is 38.8 Å². The monoisotopic (exact) mass is 227 g/mol. The molecule has 1 saturated carbocycles. The molecule has 0 N–H and O–H groups in total. The predicted molar refractivity (Wildman–Crippen MR) is 60.2 cm³/mol. The van der Waals surface area contributed by atoms with Gasteiger partial charge in [0, 0.05) is 26.1 Å². The predicted octanol–water partition coefficient (Wildman–Crippen LogP) is 1.05. The highest BCUT2D eigenvalue weighted by Crippen LogP contribution is 2.36. The second-order valence-corrected chi connectivity index (χ2v) is 4.78. The average molecular weight is 227 g/mol. The number of fused-ring (bicyclic) bond motifs is 2. The van der Waals surface area contributed by atoms with Crippen molar-refractivity contribution in [2.24, 2.45) is 5.92 Å². The summed E-state index contributed by atoms with van der Waals surface area (Å²) in [4.78, 5) is 13.0. The van der Waals surface area contributed by atoms with E-state index in [9.17, 15) is 4.79 Å².